The highest BCUT2D eigenvalue weighted by Crippen LogP contribution is 2.27. The lowest BCUT2D eigenvalue weighted by Gasteiger charge is -2.32. The van der Waals surface area contributed by atoms with E-state index in [4.69, 9.17) is 9.72 Å². The monoisotopic (exact) mass is 343 g/mol. The Morgan fingerprint density at radius 3 is 2.96 bits per heavy atom. The van der Waals surface area contributed by atoms with Gasteiger partial charge >= 0.3 is 0 Å². The minimum absolute atomic E-state index is 0.142. The first-order valence-electron chi connectivity index (χ1n) is 8.68. The molecule has 134 valence electrons. The topological polar surface area (TPSA) is 73.1 Å². The molecule has 1 saturated heterocycles. The highest BCUT2D eigenvalue weighted by molar-refractivity contribution is 5.76. The van der Waals surface area contributed by atoms with E-state index in [1.165, 1.54) is 0 Å². The summed E-state index contributed by atoms with van der Waals surface area (Å²) in [5.41, 5.74) is 1.75. The number of carbonyl (C=O) groups is 1. The summed E-state index contributed by atoms with van der Waals surface area (Å²) in [4.78, 5) is 28.0. The van der Waals surface area contributed by atoms with Gasteiger partial charge in [-0.3, -0.25) is 4.79 Å². The Hall–Kier alpha value is -2.28. The van der Waals surface area contributed by atoms with Gasteiger partial charge in [-0.25, -0.2) is 15.0 Å². The fourth-order valence-corrected chi connectivity index (χ4v) is 3.26. The van der Waals surface area contributed by atoms with E-state index in [-0.39, 0.29) is 11.8 Å². The fraction of sp³-hybridized carbons (Fsp3) is 0.556. The molecule has 0 radical (unpaired) electrons. The van der Waals surface area contributed by atoms with Gasteiger partial charge in [0, 0.05) is 51.3 Å². The average Bonchev–Trinajstić information content (AvgIpc) is 3.05. The molecule has 25 heavy (non-hydrogen) atoms. The van der Waals surface area contributed by atoms with Crippen LogP contribution in [-0.4, -0.2) is 57.1 Å². The number of aryl methyl sites for hydroxylation is 2. The molecule has 1 aliphatic heterocycles. The van der Waals surface area contributed by atoms with Gasteiger partial charge < -0.3 is 14.2 Å². The van der Waals surface area contributed by atoms with Crippen LogP contribution in [-0.2, 0) is 16.6 Å². The molecular formula is C18H25N5O2. The van der Waals surface area contributed by atoms with E-state index < -0.39 is 0 Å². The van der Waals surface area contributed by atoms with Gasteiger partial charge in [-0.1, -0.05) is 0 Å². The highest BCUT2D eigenvalue weighted by Gasteiger charge is 2.27. The van der Waals surface area contributed by atoms with Crippen LogP contribution in [0.2, 0.25) is 0 Å². The second kappa shape index (κ2) is 7.74. The van der Waals surface area contributed by atoms with Crippen LogP contribution in [0.25, 0.3) is 11.5 Å². The summed E-state index contributed by atoms with van der Waals surface area (Å²) in [6.45, 7) is 3.91. The number of aromatic nitrogens is 4. The van der Waals surface area contributed by atoms with Crippen LogP contribution in [0.1, 0.15) is 36.7 Å². The third kappa shape index (κ3) is 4.04. The second-order valence-corrected chi connectivity index (χ2v) is 6.54. The summed E-state index contributed by atoms with van der Waals surface area (Å²) in [5.74, 6) is 1.94. The third-order valence-corrected chi connectivity index (χ3v) is 4.58. The number of rotatable bonds is 5. The van der Waals surface area contributed by atoms with Gasteiger partial charge in [0.15, 0.2) is 5.82 Å². The van der Waals surface area contributed by atoms with Crippen LogP contribution in [0, 0.1) is 6.92 Å². The standard InChI is InChI=1S/C18H25N5O2/c1-13-11-15(18-19-7-9-22(18)2)21-17(20-13)14-5-4-8-23(12-14)16(24)6-10-25-3/h7,9,11,14H,4-6,8,10,12H2,1-3H3/t14-/m1/s1. The summed E-state index contributed by atoms with van der Waals surface area (Å²) in [7, 11) is 3.57. The smallest absolute Gasteiger partial charge is 0.224 e. The van der Waals surface area contributed by atoms with Crippen molar-refractivity contribution in [2.45, 2.75) is 32.1 Å². The van der Waals surface area contributed by atoms with E-state index in [9.17, 15) is 4.79 Å². The van der Waals surface area contributed by atoms with Crippen LogP contribution in [0.4, 0.5) is 0 Å². The largest absolute Gasteiger partial charge is 0.384 e. The maximum Gasteiger partial charge on any atom is 0.224 e. The molecule has 7 heteroatoms. The van der Waals surface area contributed by atoms with E-state index in [0.29, 0.717) is 19.6 Å². The first-order valence-corrected chi connectivity index (χ1v) is 8.68. The van der Waals surface area contributed by atoms with E-state index >= 15 is 0 Å². The normalized spacial score (nSPS) is 17.7. The van der Waals surface area contributed by atoms with Gasteiger partial charge in [-0.15, -0.1) is 0 Å². The Balaban J connectivity index is 1.80. The summed E-state index contributed by atoms with van der Waals surface area (Å²) >= 11 is 0. The van der Waals surface area contributed by atoms with E-state index in [1.807, 2.05) is 35.7 Å². The number of piperidine rings is 1. The predicted molar refractivity (Wildman–Crippen MR) is 94.0 cm³/mol. The zero-order valence-electron chi connectivity index (χ0n) is 15.1. The zero-order chi connectivity index (χ0) is 17.8. The number of imidazole rings is 1. The van der Waals surface area contributed by atoms with Gasteiger partial charge in [-0.05, 0) is 25.8 Å². The van der Waals surface area contributed by atoms with Crippen molar-refractivity contribution in [1.82, 2.24) is 24.4 Å². The van der Waals surface area contributed by atoms with Crippen molar-refractivity contribution in [3.8, 4) is 11.5 Å². The molecule has 0 saturated carbocycles. The molecule has 0 aliphatic carbocycles. The van der Waals surface area contributed by atoms with Crippen molar-refractivity contribution >= 4 is 5.91 Å². The molecular weight excluding hydrogens is 318 g/mol. The molecule has 0 N–H and O–H groups in total. The predicted octanol–water partition coefficient (Wildman–Crippen LogP) is 1.93. The number of likely N-dealkylation sites (tertiary alicyclic amines) is 1. The molecule has 0 bridgehead atoms. The fourth-order valence-electron chi connectivity index (χ4n) is 3.26. The zero-order valence-corrected chi connectivity index (χ0v) is 15.1. The molecule has 0 unspecified atom stereocenters. The quantitative estimate of drug-likeness (QED) is 0.829. The van der Waals surface area contributed by atoms with Crippen molar-refractivity contribution < 1.29 is 9.53 Å². The summed E-state index contributed by atoms with van der Waals surface area (Å²) in [6.07, 6.45) is 6.07. The molecule has 1 fully saturated rings. The van der Waals surface area contributed by atoms with Gasteiger partial charge in [-0.2, -0.15) is 0 Å². The Morgan fingerprint density at radius 2 is 2.24 bits per heavy atom. The van der Waals surface area contributed by atoms with Crippen molar-refractivity contribution in [2.75, 3.05) is 26.8 Å². The van der Waals surface area contributed by atoms with Crippen molar-refractivity contribution in [2.24, 2.45) is 7.05 Å². The summed E-state index contributed by atoms with van der Waals surface area (Å²) in [5, 5.41) is 0. The van der Waals surface area contributed by atoms with Gasteiger partial charge in [0.2, 0.25) is 5.91 Å². The number of ether oxygens (including phenoxy) is 1. The Bertz CT molecular complexity index is 743. The molecule has 1 atom stereocenters. The Morgan fingerprint density at radius 1 is 1.40 bits per heavy atom. The molecule has 1 amide bonds. The number of hydrogen-bond acceptors (Lipinski definition) is 5. The first kappa shape index (κ1) is 17.5. The second-order valence-electron chi connectivity index (χ2n) is 6.54. The molecule has 7 nitrogen and oxygen atoms in total. The lowest BCUT2D eigenvalue weighted by Crippen LogP contribution is -2.40. The molecule has 0 spiro atoms. The van der Waals surface area contributed by atoms with Crippen LogP contribution in [0.5, 0.6) is 0 Å². The molecule has 2 aromatic heterocycles. The average molecular weight is 343 g/mol. The summed E-state index contributed by atoms with van der Waals surface area (Å²) in [6, 6.07) is 1.95. The van der Waals surface area contributed by atoms with Gasteiger partial charge in [0.25, 0.3) is 0 Å². The number of nitrogens with zero attached hydrogens (tertiary/aromatic N) is 5. The maximum atomic E-state index is 12.3. The minimum Gasteiger partial charge on any atom is -0.384 e. The SMILES string of the molecule is COCCC(=O)N1CCC[C@@H](c2nc(C)cc(-c3nccn3C)n2)C1. The van der Waals surface area contributed by atoms with E-state index in [1.54, 1.807) is 13.3 Å². The first-order chi connectivity index (χ1) is 12.1. The lowest BCUT2D eigenvalue weighted by atomic mass is 9.96. The van der Waals surface area contributed by atoms with Gasteiger partial charge in [0.05, 0.1) is 13.0 Å². The van der Waals surface area contributed by atoms with E-state index in [2.05, 4.69) is 9.97 Å². The van der Waals surface area contributed by atoms with Crippen LogP contribution in [0.15, 0.2) is 18.5 Å². The molecule has 0 aromatic carbocycles. The minimum atomic E-state index is 0.142. The molecule has 2 aromatic rings. The number of hydrogen-bond donors (Lipinski definition) is 0. The number of carbonyl (C=O) groups excluding carboxylic acids is 1. The van der Waals surface area contributed by atoms with Crippen LogP contribution in [0.3, 0.4) is 0 Å². The number of amides is 1. The Labute approximate surface area is 148 Å². The van der Waals surface area contributed by atoms with Crippen molar-refractivity contribution in [3.63, 3.8) is 0 Å². The maximum absolute atomic E-state index is 12.3. The lowest BCUT2D eigenvalue weighted by molar-refractivity contribution is -0.133. The molecule has 3 rings (SSSR count). The summed E-state index contributed by atoms with van der Waals surface area (Å²) < 4.78 is 6.97. The molecule has 1 aliphatic rings. The van der Waals surface area contributed by atoms with Crippen LogP contribution < -0.4 is 0 Å². The van der Waals surface area contributed by atoms with Crippen molar-refractivity contribution in [3.05, 3.63) is 30.0 Å². The van der Waals surface area contributed by atoms with Gasteiger partial charge in [0.1, 0.15) is 11.5 Å². The number of methoxy groups -OCH3 is 1. The third-order valence-electron chi connectivity index (χ3n) is 4.58. The molecule has 3 heterocycles. The van der Waals surface area contributed by atoms with Crippen molar-refractivity contribution in [1.29, 1.82) is 0 Å². The van der Waals surface area contributed by atoms with Crippen LogP contribution >= 0.6 is 0 Å². The Kier molecular flexibility index (Phi) is 5.43. The highest BCUT2D eigenvalue weighted by atomic mass is 16.5. The van der Waals surface area contributed by atoms with E-state index in [0.717, 1.165) is 42.4 Å².